The second-order valence-electron chi connectivity index (χ2n) is 4.13. The fourth-order valence-corrected chi connectivity index (χ4v) is 2.40. The molecule has 7 heteroatoms. The van der Waals surface area contributed by atoms with E-state index >= 15 is 0 Å². The van der Waals surface area contributed by atoms with Gasteiger partial charge in [0.15, 0.2) is 0 Å². The molecular weight excluding hydrogens is 256 g/mol. The van der Waals surface area contributed by atoms with Crippen LogP contribution < -0.4 is 5.56 Å². The highest BCUT2D eigenvalue weighted by molar-refractivity contribution is 7.89. The van der Waals surface area contributed by atoms with Gasteiger partial charge in [0.05, 0.1) is 17.6 Å². The van der Waals surface area contributed by atoms with Gasteiger partial charge < -0.3 is 9.72 Å². The van der Waals surface area contributed by atoms with E-state index in [0.29, 0.717) is 6.61 Å². The lowest BCUT2D eigenvalue weighted by molar-refractivity contribution is 0.0737. The van der Waals surface area contributed by atoms with Crippen molar-refractivity contribution in [3.8, 4) is 0 Å². The summed E-state index contributed by atoms with van der Waals surface area (Å²) < 4.78 is 30.6. The van der Waals surface area contributed by atoms with Crippen LogP contribution >= 0.6 is 0 Å². The molecule has 1 rings (SSSR count). The smallest absolute Gasteiger partial charge is 0.247 e. The van der Waals surface area contributed by atoms with Crippen LogP contribution in [0.3, 0.4) is 0 Å². The Hall–Kier alpha value is -1.18. The summed E-state index contributed by atoms with van der Waals surface area (Å²) in [6.07, 6.45) is 1.26. The lowest BCUT2D eigenvalue weighted by Crippen LogP contribution is -2.31. The predicted octanol–water partition coefficient (Wildman–Crippen LogP) is 0.420. The van der Waals surface area contributed by atoms with Crippen molar-refractivity contribution in [2.45, 2.75) is 24.8 Å². The van der Waals surface area contributed by atoms with Gasteiger partial charge in [0.2, 0.25) is 15.6 Å². The quantitative estimate of drug-likeness (QED) is 0.815. The van der Waals surface area contributed by atoms with E-state index in [2.05, 4.69) is 4.98 Å². The summed E-state index contributed by atoms with van der Waals surface area (Å²) in [5.41, 5.74) is -0.334. The van der Waals surface area contributed by atoms with Crippen molar-refractivity contribution in [1.82, 2.24) is 9.29 Å². The van der Waals surface area contributed by atoms with Gasteiger partial charge in [-0.05, 0) is 19.9 Å². The van der Waals surface area contributed by atoms with E-state index in [0.717, 1.165) is 0 Å². The fraction of sp³-hybridized carbons (Fsp3) is 0.545. The van der Waals surface area contributed by atoms with Crippen molar-refractivity contribution in [1.29, 1.82) is 0 Å². The number of H-pyrrole nitrogens is 1. The number of nitrogens with zero attached hydrogens (tertiary/aromatic N) is 1. The number of aromatic amines is 1. The Labute approximate surface area is 107 Å². The molecule has 0 aliphatic carbocycles. The molecule has 0 atom stereocenters. The van der Waals surface area contributed by atoms with Crippen LogP contribution in [0.1, 0.15) is 13.8 Å². The number of rotatable bonds is 6. The molecule has 6 nitrogen and oxygen atoms in total. The van der Waals surface area contributed by atoms with Gasteiger partial charge in [-0.2, -0.15) is 4.31 Å². The summed E-state index contributed by atoms with van der Waals surface area (Å²) in [4.78, 5) is 13.3. The third-order valence-electron chi connectivity index (χ3n) is 2.32. The summed E-state index contributed by atoms with van der Waals surface area (Å²) in [7, 11) is -2.09. The third-order valence-corrected chi connectivity index (χ3v) is 4.17. The van der Waals surface area contributed by atoms with E-state index < -0.39 is 10.0 Å². The van der Waals surface area contributed by atoms with Gasteiger partial charge in [-0.1, -0.05) is 0 Å². The molecule has 102 valence electrons. The van der Waals surface area contributed by atoms with Gasteiger partial charge in [-0.3, -0.25) is 4.79 Å². The average molecular weight is 274 g/mol. The first kappa shape index (κ1) is 14.9. The number of sulfonamides is 1. The van der Waals surface area contributed by atoms with Gasteiger partial charge in [0, 0.05) is 25.9 Å². The minimum Gasteiger partial charge on any atom is -0.377 e. The maximum atomic E-state index is 12.1. The summed E-state index contributed by atoms with van der Waals surface area (Å²) in [6, 6.07) is 2.47. The average Bonchev–Trinajstić information content (AvgIpc) is 2.28. The molecule has 0 aromatic carbocycles. The number of pyridine rings is 1. The van der Waals surface area contributed by atoms with E-state index in [1.54, 1.807) is 0 Å². The Morgan fingerprint density at radius 3 is 2.56 bits per heavy atom. The molecule has 0 saturated heterocycles. The van der Waals surface area contributed by atoms with E-state index in [1.165, 1.54) is 29.7 Å². The first-order valence-electron chi connectivity index (χ1n) is 5.60. The number of nitrogens with one attached hydrogen (secondary N) is 1. The minimum atomic E-state index is -3.57. The molecule has 0 radical (unpaired) electrons. The van der Waals surface area contributed by atoms with Crippen LogP contribution in [0.15, 0.2) is 28.0 Å². The van der Waals surface area contributed by atoms with Crippen LogP contribution in [0, 0.1) is 0 Å². The molecule has 0 aliphatic rings. The number of ether oxygens (including phenoxy) is 1. The number of aromatic nitrogens is 1. The van der Waals surface area contributed by atoms with Crippen molar-refractivity contribution in [3.05, 3.63) is 28.7 Å². The molecule has 0 amide bonds. The maximum Gasteiger partial charge on any atom is 0.247 e. The van der Waals surface area contributed by atoms with Crippen molar-refractivity contribution >= 4 is 10.0 Å². The second-order valence-corrected chi connectivity index (χ2v) is 6.18. The molecule has 0 fully saturated rings. The second kappa shape index (κ2) is 6.12. The molecule has 1 N–H and O–H groups in total. The lowest BCUT2D eigenvalue weighted by Gasteiger charge is -2.17. The maximum absolute atomic E-state index is 12.1. The first-order chi connectivity index (χ1) is 8.34. The Bertz CT molecular complexity index is 516. The van der Waals surface area contributed by atoms with Crippen molar-refractivity contribution in [3.63, 3.8) is 0 Å². The van der Waals surface area contributed by atoms with Crippen molar-refractivity contribution in [2.75, 3.05) is 20.2 Å². The largest absolute Gasteiger partial charge is 0.377 e. The minimum absolute atomic E-state index is 0.0640. The molecule has 1 aromatic heterocycles. The molecule has 18 heavy (non-hydrogen) atoms. The number of hydrogen-bond acceptors (Lipinski definition) is 4. The molecule has 0 bridgehead atoms. The third kappa shape index (κ3) is 3.94. The summed E-state index contributed by atoms with van der Waals surface area (Å²) >= 11 is 0. The molecule has 0 aliphatic heterocycles. The van der Waals surface area contributed by atoms with Crippen LogP contribution in [-0.4, -0.2) is 44.0 Å². The van der Waals surface area contributed by atoms with Crippen LogP contribution in [0.2, 0.25) is 0 Å². The molecule has 0 unspecified atom stereocenters. The first-order valence-corrected chi connectivity index (χ1v) is 7.04. The van der Waals surface area contributed by atoms with Gasteiger partial charge >= 0.3 is 0 Å². The SMILES string of the molecule is CC(C)OCCN(C)S(=O)(=O)c1ccc(=O)[nH]c1. The van der Waals surface area contributed by atoms with E-state index in [4.69, 9.17) is 4.74 Å². The summed E-state index contributed by atoms with van der Waals surface area (Å²) in [6.45, 7) is 4.36. The zero-order chi connectivity index (χ0) is 13.8. The highest BCUT2D eigenvalue weighted by Crippen LogP contribution is 2.11. The van der Waals surface area contributed by atoms with Crippen LogP contribution in [0.25, 0.3) is 0 Å². The normalized spacial score (nSPS) is 12.3. The molecule has 0 spiro atoms. The Morgan fingerprint density at radius 1 is 1.39 bits per heavy atom. The zero-order valence-electron chi connectivity index (χ0n) is 10.7. The molecular formula is C11H18N2O4S. The number of hydrogen-bond donors (Lipinski definition) is 1. The van der Waals surface area contributed by atoms with E-state index in [1.807, 2.05) is 13.8 Å². The summed E-state index contributed by atoms with van der Waals surface area (Å²) in [5, 5.41) is 0. The van der Waals surface area contributed by atoms with E-state index in [-0.39, 0.29) is 23.1 Å². The standard InChI is InChI=1S/C11H18N2O4S/c1-9(2)17-7-6-13(3)18(15,16)10-4-5-11(14)12-8-10/h4-5,8-9H,6-7H2,1-3H3,(H,12,14). The monoisotopic (exact) mass is 274 g/mol. The topological polar surface area (TPSA) is 79.5 Å². The van der Waals surface area contributed by atoms with Gasteiger partial charge in [-0.25, -0.2) is 8.42 Å². The Balaban J connectivity index is 2.74. The van der Waals surface area contributed by atoms with Crippen LogP contribution in [0.4, 0.5) is 0 Å². The predicted molar refractivity (Wildman–Crippen MR) is 68.0 cm³/mol. The van der Waals surface area contributed by atoms with Crippen molar-refractivity contribution < 1.29 is 13.2 Å². The lowest BCUT2D eigenvalue weighted by atomic mass is 10.5. The van der Waals surface area contributed by atoms with E-state index in [9.17, 15) is 13.2 Å². The highest BCUT2D eigenvalue weighted by atomic mass is 32.2. The molecule has 0 saturated carbocycles. The zero-order valence-corrected chi connectivity index (χ0v) is 11.5. The number of likely N-dealkylation sites (N-methyl/N-ethyl adjacent to an activating group) is 1. The van der Waals surface area contributed by atoms with Gasteiger partial charge in [0.25, 0.3) is 0 Å². The Morgan fingerprint density at radius 2 is 2.06 bits per heavy atom. The summed E-state index contributed by atoms with van der Waals surface area (Å²) in [5.74, 6) is 0. The molecule has 1 aromatic rings. The van der Waals surface area contributed by atoms with Gasteiger partial charge in [-0.15, -0.1) is 0 Å². The van der Waals surface area contributed by atoms with Crippen LogP contribution in [-0.2, 0) is 14.8 Å². The molecule has 1 heterocycles. The Kier molecular flexibility index (Phi) is 5.06. The van der Waals surface area contributed by atoms with Crippen LogP contribution in [0.5, 0.6) is 0 Å². The van der Waals surface area contributed by atoms with Crippen molar-refractivity contribution in [2.24, 2.45) is 0 Å². The fourth-order valence-electron chi connectivity index (χ4n) is 1.27. The van der Waals surface area contributed by atoms with Gasteiger partial charge in [0.1, 0.15) is 0 Å². The highest BCUT2D eigenvalue weighted by Gasteiger charge is 2.20.